The van der Waals surface area contributed by atoms with Gasteiger partial charge < -0.3 is 0 Å². The summed E-state index contributed by atoms with van der Waals surface area (Å²) in [5.41, 5.74) is 1.28. The molecule has 17 heavy (non-hydrogen) atoms. The van der Waals surface area contributed by atoms with E-state index in [1.807, 2.05) is 19.9 Å². The van der Waals surface area contributed by atoms with Crippen molar-refractivity contribution in [3.8, 4) is 0 Å². The number of allylic oxidation sites excluding steroid dienone is 2. The molecule has 0 radical (unpaired) electrons. The molecule has 1 aromatic carbocycles. The minimum absolute atomic E-state index is 0.590. The summed E-state index contributed by atoms with van der Waals surface area (Å²) in [6.07, 6.45) is -0.892. The Kier molecular flexibility index (Phi) is 4.80. The Morgan fingerprint density at radius 3 is 2.47 bits per heavy atom. The number of halogens is 4. The fourth-order valence-corrected chi connectivity index (χ4v) is 1.90. The van der Waals surface area contributed by atoms with Crippen LogP contribution >= 0.6 is 15.9 Å². The summed E-state index contributed by atoms with van der Waals surface area (Å²) in [6, 6.07) is 3.76. The molecule has 0 fully saturated rings. The minimum Gasteiger partial charge on any atom is -0.166 e. The van der Waals surface area contributed by atoms with Crippen molar-refractivity contribution in [1.82, 2.24) is 0 Å². The highest BCUT2D eigenvalue weighted by molar-refractivity contribution is 9.10. The maximum atomic E-state index is 12.5. The van der Waals surface area contributed by atoms with Crippen LogP contribution in [0.15, 0.2) is 34.3 Å². The smallest absolute Gasteiger partial charge is 0.166 e. The van der Waals surface area contributed by atoms with E-state index in [1.165, 1.54) is 17.7 Å². The molecule has 4 heteroatoms. The third-order valence-corrected chi connectivity index (χ3v) is 3.11. The lowest BCUT2D eigenvalue weighted by atomic mass is 10.1. The lowest BCUT2D eigenvalue weighted by molar-refractivity contribution is -0.137. The fraction of sp³-hybridized carbons (Fsp3) is 0.385. The van der Waals surface area contributed by atoms with Gasteiger partial charge in [0.1, 0.15) is 0 Å². The summed E-state index contributed by atoms with van der Waals surface area (Å²) in [4.78, 5) is 0. The van der Waals surface area contributed by atoms with Gasteiger partial charge in [0.2, 0.25) is 0 Å². The summed E-state index contributed by atoms with van der Waals surface area (Å²) in [5.74, 6) is 0. The second kappa shape index (κ2) is 5.71. The number of hydrogen-bond acceptors (Lipinski definition) is 0. The average Bonchev–Trinajstić information content (AvgIpc) is 2.18. The van der Waals surface area contributed by atoms with Crippen LogP contribution in [0.1, 0.15) is 31.4 Å². The van der Waals surface area contributed by atoms with Crippen LogP contribution in [0, 0.1) is 0 Å². The van der Waals surface area contributed by atoms with E-state index in [9.17, 15) is 13.2 Å². The van der Waals surface area contributed by atoms with E-state index in [1.54, 1.807) is 0 Å². The first-order valence-electron chi connectivity index (χ1n) is 5.29. The molecule has 0 spiro atoms. The normalized spacial score (nSPS) is 11.4. The first kappa shape index (κ1) is 14.3. The van der Waals surface area contributed by atoms with E-state index in [-0.39, 0.29) is 0 Å². The molecule has 94 valence electrons. The van der Waals surface area contributed by atoms with Crippen molar-refractivity contribution >= 4 is 15.9 Å². The van der Waals surface area contributed by atoms with Crippen LogP contribution in [-0.2, 0) is 12.6 Å². The van der Waals surface area contributed by atoms with Crippen LogP contribution in [0.4, 0.5) is 13.2 Å². The van der Waals surface area contributed by atoms with Crippen LogP contribution in [0.5, 0.6) is 0 Å². The number of aryl methyl sites for hydroxylation is 1. The molecule has 1 rings (SSSR count). The highest BCUT2D eigenvalue weighted by Crippen LogP contribution is 2.32. The Morgan fingerprint density at radius 2 is 1.94 bits per heavy atom. The predicted molar refractivity (Wildman–Crippen MR) is 66.9 cm³/mol. The van der Waals surface area contributed by atoms with Crippen molar-refractivity contribution in [1.29, 1.82) is 0 Å². The van der Waals surface area contributed by atoms with Crippen molar-refractivity contribution < 1.29 is 13.2 Å². The van der Waals surface area contributed by atoms with E-state index in [0.29, 0.717) is 12.0 Å². The van der Waals surface area contributed by atoms with Crippen molar-refractivity contribution in [3.63, 3.8) is 0 Å². The van der Waals surface area contributed by atoms with E-state index < -0.39 is 11.7 Å². The maximum Gasteiger partial charge on any atom is 0.416 e. The Labute approximate surface area is 108 Å². The minimum atomic E-state index is -4.27. The monoisotopic (exact) mass is 306 g/mol. The van der Waals surface area contributed by atoms with E-state index in [2.05, 4.69) is 15.9 Å². The Hall–Kier alpha value is -0.770. The zero-order chi connectivity index (χ0) is 13.1. The van der Waals surface area contributed by atoms with Crippen LogP contribution in [-0.4, -0.2) is 0 Å². The van der Waals surface area contributed by atoms with Crippen LogP contribution in [0.2, 0.25) is 0 Å². The Morgan fingerprint density at radius 1 is 1.29 bits per heavy atom. The molecule has 0 bridgehead atoms. The van der Waals surface area contributed by atoms with Crippen molar-refractivity contribution in [2.24, 2.45) is 0 Å². The third kappa shape index (κ3) is 4.54. The molecule has 0 aromatic heterocycles. The van der Waals surface area contributed by atoms with Crippen LogP contribution < -0.4 is 0 Å². The first-order chi connectivity index (χ1) is 7.80. The summed E-state index contributed by atoms with van der Waals surface area (Å²) in [7, 11) is 0. The summed E-state index contributed by atoms with van der Waals surface area (Å²) in [5, 5.41) is 0. The molecule has 0 saturated carbocycles. The van der Waals surface area contributed by atoms with E-state index >= 15 is 0 Å². The molecule has 0 aliphatic rings. The molecule has 0 heterocycles. The molecular weight excluding hydrogens is 293 g/mol. The number of hydrogen-bond donors (Lipinski definition) is 0. The van der Waals surface area contributed by atoms with Gasteiger partial charge in [-0.1, -0.05) is 27.6 Å². The largest absolute Gasteiger partial charge is 0.416 e. The van der Waals surface area contributed by atoms with Gasteiger partial charge in [0, 0.05) is 4.47 Å². The average molecular weight is 307 g/mol. The molecule has 0 N–H and O–H groups in total. The number of benzene rings is 1. The standard InChI is InChI=1S/C13H14BrF3/c1-9(2)4-3-5-10-8-11(13(15,16)17)6-7-12(10)14/h4,6-8H,3,5H2,1-2H3. The van der Waals surface area contributed by atoms with Crippen LogP contribution in [0.25, 0.3) is 0 Å². The molecular formula is C13H14BrF3. The zero-order valence-electron chi connectivity index (χ0n) is 9.74. The quantitative estimate of drug-likeness (QED) is 0.659. The van der Waals surface area contributed by atoms with Crippen molar-refractivity contribution in [2.75, 3.05) is 0 Å². The maximum absolute atomic E-state index is 12.5. The molecule has 1 aromatic rings. The van der Waals surface area contributed by atoms with Crippen molar-refractivity contribution in [2.45, 2.75) is 32.9 Å². The third-order valence-electron chi connectivity index (χ3n) is 2.34. The van der Waals surface area contributed by atoms with Crippen LogP contribution in [0.3, 0.4) is 0 Å². The number of alkyl halides is 3. The Bertz CT molecular complexity index is 415. The van der Waals surface area contributed by atoms with E-state index in [0.717, 1.165) is 17.0 Å². The van der Waals surface area contributed by atoms with Gasteiger partial charge in [-0.2, -0.15) is 13.2 Å². The second-order valence-electron chi connectivity index (χ2n) is 4.12. The van der Waals surface area contributed by atoms with Gasteiger partial charge in [-0.05, 0) is 50.5 Å². The van der Waals surface area contributed by atoms with E-state index in [4.69, 9.17) is 0 Å². The fourth-order valence-electron chi connectivity index (χ4n) is 1.46. The SMILES string of the molecule is CC(C)=CCCc1cc(C(F)(F)F)ccc1Br. The lowest BCUT2D eigenvalue weighted by Gasteiger charge is -2.10. The van der Waals surface area contributed by atoms with Gasteiger partial charge in [-0.25, -0.2) is 0 Å². The summed E-state index contributed by atoms with van der Waals surface area (Å²) >= 11 is 3.28. The summed E-state index contributed by atoms with van der Waals surface area (Å²) < 4.78 is 38.3. The van der Waals surface area contributed by atoms with Gasteiger partial charge in [-0.3, -0.25) is 0 Å². The highest BCUT2D eigenvalue weighted by Gasteiger charge is 2.30. The second-order valence-corrected chi connectivity index (χ2v) is 4.98. The highest BCUT2D eigenvalue weighted by atomic mass is 79.9. The molecule has 0 atom stereocenters. The molecule has 0 aliphatic heterocycles. The molecule has 0 amide bonds. The van der Waals surface area contributed by atoms with Gasteiger partial charge in [0.25, 0.3) is 0 Å². The van der Waals surface area contributed by atoms with Crippen molar-refractivity contribution in [3.05, 3.63) is 45.4 Å². The first-order valence-corrected chi connectivity index (χ1v) is 6.09. The molecule has 0 nitrogen and oxygen atoms in total. The zero-order valence-corrected chi connectivity index (χ0v) is 11.3. The predicted octanol–water partition coefficient (Wildman–Crippen LogP) is 5.37. The lowest BCUT2D eigenvalue weighted by Crippen LogP contribution is -2.05. The van der Waals surface area contributed by atoms with Gasteiger partial charge in [-0.15, -0.1) is 0 Å². The Balaban J connectivity index is 2.88. The topological polar surface area (TPSA) is 0 Å². The number of rotatable bonds is 3. The summed E-state index contributed by atoms with van der Waals surface area (Å²) in [6.45, 7) is 3.95. The van der Waals surface area contributed by atoms with Gasteiger partial charge in [0.05, 0.1) is 5.56 Å². The molecule has 0 saturated heterocycles. The van der Waals surface area contributed by atoms with Gasteiger partial charge in [0.15, 0.2) is 0 Å². The molecule has 0 aliphatic carbocycles. The van der Waals surface area contributed by atoms with Gasteiger partial charge >= 0.3 is 6.18 Å². The molecule has 0 unspecified atom stereocenters.